The molecule has 1 aromatic rings. The van der Waals surface area contributed by atoms with Crippen molar-refractivity contribution in [3.05, 3.63) is 35.9 Å². The normalized spacial score (nSPS) is 30.2. The first-order chi connectivity index (χ1) is 14.4. The lowest BCUT2D eigenvalue weighted by Gasteiger charge is -2.38. The van der Waals surface area contributed by atoms with Crippen molar-refractivity contribution < 1.29 is 18.3 Å². The molecule has 2 heterocycles. The summed E-state index contributed by atoms with van der Waals surface area (Å²) in [6.45, 7) is 2.88. The maximum Gasteiger partial charge on any atom is 0.218 e. The number of nitrogens with zero attached hydrogens (tertiary/aromatic N) is 2. The van der Waals surface area contributed by atoms with E-state index in [2.05, 4.69) is 11.9 Å². The molecule has 2 saturated heterocycles. The third kappa shape index (κ3) is 5.25. The van der Waals surface area contributed by atoms with Crippen molar-refractivity contribution in [2.75, 3.05) is 33.3 Å². The van der Waals surface area contributed by atoms with Gasteiger partial charge in [-0.3, -0.25) is 0 Å². The summed E-state index contributed by atoms with van der Waals surface area (Å²) in [5, 5.41) is 9.73. The summed E-state index contributed by atoms with van der Waals surface area (Å²) in [4.78, 5) is 2.41. The number of hydrogen-bond donors (Lipinski definition) is 1. The fourth-order valence-corrected chi connectivity index (χ4v) is 6.98. The summed E-state index contributed by atoms with van der Waals surface area (Å²) in [7, 11) is -1.09. The number of piperidine rings is 1. The van der Waals surface area contributed by atoms with Gasteiger partial charge in [0, 0.05) is 25.7 Å². The van der Waals surface area contributed by atoms with E-state index in [4.69, 9.17) is 4.74 Å². The second-order valence-corrected chi connectivity index (χ2v) is 11.6. The standard InChI is InChI=1S/C23H36N2O4S/c1-24(20-7-9-21(26)10-8-20)16-22-15-23(18-29-22)11-13-25(14-12-23)30(27,28)17-19-5-3-2-4-6-19/h2-6,20-22,26H,7-18H2,1H3/t20?,21?,22-/m0/s1. The average Bonchev–Trinajstić information content (AvgIpc) is 3.11. The molecule has 7 heteroatoms. The summed E-state index contributed by atoms with van der Waals surface area (Å²) in [6.07, 6.45) is 6.83. The lowest BCUT2D eigenvalue weighted by Crippen LogP contribution is -2.44. The molecule has 6 nitrogen and oxygen atoms in total. The topological polar surface area (TPSA) is 70.1 Å². The van der Waals surface area contributed by atoms with Gasteiger partial charge in [-0.15, -0.1) is 0 Å². The molecule has 1 aliphatic carbocycles. The van der Waals surface area contributed by atoms with Gasteiger partial charge in [0.15, 0.2) is 0 Å². The van der Waals surface area contributed by atoms with E-state index in [-0.39, 0.29) is 23.4 Å². The fourth-order valence-electron chi connectivity index (χ4n) is 5.45. The van der Waals surface area contributed by atoms with Crippen molar-refractivity contribution in [1.82, 2.24) is 9.21 Å². The number of ether oxygens (including phenoxy) is 1. The summed E-state index contributed by atoms with van der Waals surface area (Å²) in [6, 6.07) is 9.98. The van der Waals surface area contributed by atoms with Gasteiger partial charge in [0.25, 0.3) is 0 Å². The Balaban J connectivity index is 1.26. The van der Waals surface area contributed by atoms with E-state index in [1.54, 1.807) is 4.31 Å². The zero-order valence-corrected chi connectivity index (χ0v) is 18.9. The van der Waals surface area contributed by atoms with Crippen molar-refractivity contribution >= 4 is 10.0 Å². The molecule has 4 rings (SSSR count). The van der Waals surface area contributed by atoms with Crippen LogP contribution in [0.1, 0.15) is 50.5 Å². The van der Waals surface area contributed by atoms with Gasteiger partial charge in [0.2, 0.25) is 10.0 Å². The Morgan fingerprint density at radius 3 is 2.47 bits per heavy atom. The molecule has 0 radical (unpaired) electrons. The van der Waals surface area contributed by atoms with Crippen LogP contribution in [0, 0.1) is 5.41 Å². The zero-order valence-electron chi connectivity index (χ0n) is 18.1. The van der Waals surface area contributed by atoms with Gasteiger partial charge >= 0.3 is 0 Å². The Labute approximate surface area is 181 Å². The highest BCUT2D eigenvalue weighted by Crippen LogP contribution is 2.43. The van der Waals surface area contributed by atoms with Gasteiger partial charge in [-0.2, -0.15) is 0 Å². The molecule has 0 bridgehead atoms. The minimum Gasteiger partial charge on any atom is -0.393 e. The lowest BCUT2D eigenvalue weighted by molar-refractivity contribution is 0.0372. The summed E-state index contributed by atoms with van der Waals surface area (Å²) < 4.78 is 33.5. The molecule has 1 spiro atoms. The van der Waals surface area contributed by atoms with Crippen LogP contribution in [0.15, 0.2) is 30.3 Å². The molecule has 1 N–H and O–H groups in total. The Kier molecular flexibility index (Phi) is 6.85. The second kappa shape index (κ2) is 9.25. The number of likely N-dealkylation sites (N-methyl/N-ethyl adjacent to an activating group) is 1. The molecule has 1 saturated carbocycles. The van der Waals surface area contributed by atoms with Crippen LogP contribution in [-0.2, 0) is 20.5 Å². The van der Waals surface area contributed by atoms with E-state index in [9.17, 15) is 13.5 Å². The predicted molar refractivity (Wildman–Crippen MR) is 118 cm³/mol. The SMILES string of the molecule is CN(C[C@@H]1CC2(CCN(S(=O)(=O)Cc3ccccc3)CC2)CO1)C1CCC(O)CC1. The lowest BCUT2D eigenvalue weighted by atomic mass is 9.77. The first-order valence-corrected chi connectivity index (χ1v) is 13.0. The molecule has 0 amide bonds. The maximum absolute atomic E-state index is 12.8. The summed E-state index contributed by atoms with van der Waals surface area (Å²) in [5.41, 5.74) is 0.979. The van der Waals surface area contributed by atoms with Crippen LogP contribution in [0.5, 0.6) is 0 Å². The minimum atomic E-state index is -3.27. The number of sulfonamides is 1. The molecule has 3 fully saturated rings. The predicted octanol–water partition coefficient (Wildman–Crippen LogP) is 2.62. The van der Waals surface area contributed by atoms with Crippen LogP contribution >= 0.6 is 0 Å². The number of benzene rings is 1. The first-order valence-electron chi connectivity index (χ1n) is 11.4. The van der Waals surface area contributed by atoms with Gasteiger partial charge in [0.1, 0.15) is 0 Å². The van der Waals surface area contributed by atoms with Crippen LogP contribution in [0.4, 0.5) is 0 Å². The Morgan fingerprint density at radius 1 is 1.13 bits per heavy atom. The van der Waals surface area contributed by atoms with E-state index in [0.717, 1.165) is 63.7 Å². The number of hydrogen-bond acceptors (Lipinski definition) is 5. The Morgan fingerprint density at radius 2 is 1.80 bits per heavy atom. The molecule has 1 aromatic carbocycles. The van der Waals surface area contributed by atoms with E-state index < -0.39 is 10.0 Å². The smallest absolute Gasteiger partial charge is 0.218 e. The molecule has 0 aromatic heterocycles. The van der Waals surface area contributed by atoms with Crippen molar-refractivity contribution in [3.63, 3.8) is 0 Å². The van der Waals surface area contributed by atoms with Crippen molar-refractivity contribution in [2.24, 2.45) is 5.41 Å². The zero-order chi connectivity index (χ0) is 21.2. The molecular formula is C23H36N2O4S. The van der Waals surface area contributed by atoms with Crippen LogP contribution in [0.3, 0.4) is 0 Å². The maximum atomic E-state index is 12.8. The highest BCUT2D eigenvalue weighted by Gasteiger charge is 2.44. The monoisotopic (exact) mass is 436 g/mol. The largest absolute Gasteiger partial charge is 0.393 e. The van der Waals surface area contributed by atoms with Crippen LogP contribution in [0.2, 0.25) is 0 Å². The average molecular weight is 437 g/mol. The van der Waals surface area contributed by atoms with Crippen molar-refractivity contribution in [3.8, 4) is 0 Å². The number of aliphatic hydroxyl groups is 1. The van der Waals surface area contributed by atoms with Crippen LogP contribution in [-0.4, -0.2) is 74.3 Å². The van der Waals surface area contributed by atoms with E-state index >= 15 is 0 Å². The Bertz CT molecular complexity index is 785. The van der Waals surface area contributed by atoms with E-state index in [1.807, 2.05) is 30.3 Å². The first kappa shape index (κ1) is 22.2. The Hall–Kier alpha value is -0.990. The van der Waals surface area contributed by atoms with Crippen LogP contribution in [0.25, 0.3) is 0 Å². The van der Waals surface area contributed by atoms with Gasteiger partial charge in [-0.05, 0) is 63.0 Å². The van der Waals surface area contributed by atoms with Gasteiger partial charge in [-0.1, -0.05) is 30.3 Å². The number of rotatable bonds is 6. The third-order valence-electron chi connectivity index (χ3n) is 7.44. The molecule has 168 valence electrons. The summed E-state index contributed by atoms with van der Waals surface area (Å²) in [5.74, 6) is 0.0842. The van der Waals surface area contributed by atoms with Crippen molar-refractivity contribution in [2.45, 2.75) is 68.9 Å². The third-order valence-corrected chi connectivity index (χ3v) is 9.29. The van der Waals surface area contributed by atoms with Crippen LogP contribution < -0.4 is 0 Å². The van der Waals surface area contributed by atoms with Gasteiger partial charge in [0.05, 0.1) is 24.6 Å². The highest BCUT2D eigenvalue weighted by atomic mass is 32.2. The molecule has 1 atom stereocenters. The van der Waals surface area contributed by atoms with E-state index in [0.29, 0.717) is 19.1 Å². The highest BCUT2D eigenvalue weighted by molar-refractivity contribution is 7.88. The molecule has 3 aliphatic rings. The quantitative estimate of drug-likeness (QED) is 0.742. The second-order valence-electron chi connectivity index (χ2n) is 9.68. The fraction of sp³-hybridized carbons (Fsp3) is 0.739. The van der Waals surface area contributed by atoms with Crippen molar-refractivity contribution in [1.29, 1.82) is 0 Å². The van der Waals surface area contributed by atoms with Gasteiger partial charge in [-0.25, -0.2) is 12.7 Å². The minimum absolute atomic E-state index is 0.0842. The van der Waals surface area contributed by atoms with E-state index in [1.165, 1.54) is 0 Å². The molecular weight excluding hydrogens is 400 g/mol. The van der Waals surface area contributed by atoms with Gasteiger partial charge < -0.3 is 14.7 Å². The summed E-state index contributed by atoms with van der Waals surface area (Å²) >= 11 is 0. The number of aliphatic hydroxyl groups excluding tert-OH is 1. The molecule has 0 unspecified atom stereocenters. The molecule has 30 heavy (non-hydrogen) atoms. The molecule has 2 aliphatic heterocycles.